The van der Waals surface area contributed by atoms with Crippen molar-refractivity contribution in [3.05, 3.63) is 88.3 Å². The normalized spacial score (nSPS) is 16.7. The topological polar surface area (TPSA) is 133 Å². The minimum Gasteiger partial charge on any atom is -0.481 e. The molecule has 5 heterocycles. The summed E-state index contributed by atoms with van der Waals surface area (Å²) >= 11 is 6.99. The van der Waals surface area contributed by atoms with Gasteiger partial charge in [0.25, 0.3) is 5.91 Å². The monoisotopic (exact) mass is 655 g/mol. The van der Waals surface area contributed by atoms with E-state index in [1.54, 1.807) is 30.5 Å². The number of nitrogens with one attached hydrogen (secondary N) is 2. The molecule has 47 heavy (non-hydrogen) atoms. The maximum Gasteiger partial charge on any atom is 0.274 e. The number of pyridine rings is 3. The van der Waals surface area contributed by atoms with E-state index in [4.69, 9.17) is 21.3 Å². The Hall–Kier alpha value is -4.42. The summed E-state index contributed by atoms with van der Waals surface area (Å²) in [6.45, 7) is 5.14. The van der Waals surface area contributed by atoms with Gasteiger partial charge >= 0.3 is 0 Å². The molecule has 6 rings (SSSR count). The van der Waals surface area contributed by atoms with Crippen LogP contribution in [-0.2, 0) is 17.9 Å². The third-order valence-corrected chi connectivity index (χ3v) is 9.25. The number of aliphatic hydroxyl groups excluding tert-OH is 1. The Morgan fingerprint density at radius 3 is 2.64 bits per heavy atom. The number of hydrogen-bond donors (Lipinski definition) is 3. The zero-order valence-electron chi connectivity index (χ0n) is 26.7. The number of carbonyl (C=O) groups is 2. The van der Waals surface area contributed by atoms with Crippen molar-refractivity contribution in [1.82, 2.24) is 30.1 Å². The molecule has 2 fully saturated rings. The van der Waals surface area contributed by atoms with Gasteiger partial charge in [0.2, 0.25) is 11.8 Å². The molecular weight excluding hydrogens is 618 g/mol. The van der Waals surface area contributed by atoms with Gasteiger partial charge in [0.15, 0.2) is 0 Å². The molecule has 3 aromatic heterocycles. The van der Waals surface area contributed by atoms with Gasteiger partial charge in [-0.1, -0.05) is 35.9 Å². The summed E-state index contributed by atoms with van der Waals surface area (Å²) in [7, 11) is 3.44. The van der Waals surface area contributed by atoms with E-state index < -0.39 is 0 Å². The summed E-state index contributed by atoms with van der Waals surface area (Å²) in [6, 6.07) is 15.1. The highest BCUT2D eigenvalue weighted by Gasteiger charge is 2.27. The number of methoxy groups -OCH3 is 1. The molecule has 12 heteroatoms. The van der Waals surface area contributed by atoms with E-state index in [2.05, 4.69) is 25.5 Å². The van der Waals surface area contributed by atoms with Gasteiger partial charge in [-0.15, -0.1) is 0 Å². The number of aromatic nitrogens is 3. The fraction of sp³-hybridized carbons (Fsp3) is 0.343. The number of halogens is 1. The largest absolute Gasteiger partial charge is 0.481 e. The summed E-state index contributed by atoms with van der Waals surface area (Å²) in [6.07, 6.45) is 4.57. The number of anilines is 1. The zero-order chi connectivity index (χ0) is 33.1. The minimum absolute atomic E-state index is 0.181. The molecule has 0 bridgehead atoms. The predicted octanol–water partition coefficient (Wildman–Crippen LogP) is 4.32. The van der Waals surface area contributed by atoms with E-state index in [-0.39, 0.29) is 24.0 Å². The summed E-state index contributed by atoms with van der Waals surface area (Å²) in [5, 5.41) is 16.3. The molecule has 1 atom stereocenters. The second-order valence-electron chi connectivity index (χ2n) is 12.0. The molecule has 1 aromatic carbocycles. The van der Waals surface area contributed by atoms with Gasteiger partial charge in [0, 0.05) is 87.0 Å². The number of ether oxygens (including phenoxy) is 1. The van der Waals surface area contributed by atoms with Crippen molar-refractivity contribution in [3.8, 4) is 28.4 Å². The third-order valence-electron chi connectivity index (χ3n) is 8.86. The summed E-state index contributed by atoms with van der Waals surface area (Å²) < 4.78 is 5.64. The van der Waals surface area contributed by atoms with Gasteiger partial charge in [-0.05, 0) is 48.7 Å². The number of hydrogen-bond acceptors (Lipinski definition) is 9. The van der Waals surface area contributed by atoms with Gasteiger partial charge in [-0.2, -0.15) is 0 Å². The first-order chi connectivity index (χ1) is 22.7. The molecule has 11 nitrogen and oxygen atoms in total. The van der Waals surface area contributed by atoms with Crippen LogP contribution < -0.4 is 15.4 Å². The number of likely N-dealkylation sites (N-methyl/N-ethyl adjacent to an activating group) is 1. The van der Waals surface area contributed by atoms with E-state index in [1.807, 2.05) is 56.4 Å². The van der Waals surface area contributed by atoms with Crippen molar-refractivity contribution in [1.29, 1.82) is 0 Å². The fourth-order valence-corrected chi connectivity index (χ4v) is 6.34. The summed E-state index contributed by atoms with van der Waals surface area (Å²) in [5.74, 6) is 0.348. The number of carbonyl (C=O) groups excluding carboxylic acids is 2. The van der Waals surface area contributed by atoms with E-state index in [0.29, 0.717) is 78.4 Å². The highest BCUT2D eigenvalue weighted by molar-refractivity contribution is 6.35. The van der Waals surface area contributed by atoms with Crippen molar-refractivity contribution in [2.75, 3.05) is 39.1 Å². The van der Waals surface area contributed by atoms with E-state index in [9.17, 15) is 14.7 Å². The highest BCUT2D eigenvalue weighted by Crippen LogP contribution is 2.38. The number of likely N-dealkylation sites (tertiary alicyclic amines) is 2. The van der Waals surface area contributed by atoms with E-state index >= 15 is 0 Å². The highest BCUT2D eigenvalue weighted by atomic mass is 35.5. The molecule has 0 saturated carbocycles. The Morgan fingerprint density at radius 1 is 1.11 bits per heavy atom. The van der Waals surface area contributed by atoms with Crippen molar-refractivity contribution in [2.45, 2.75) is 45.0 Å². The SMILES string of the molecule is COc1nc(-c2ccnc(-c3cccc(NC(=O)c4ccc(CN5CC(O)C5)cn4)c3C)c2Cl)ccc1CNC[C@H]1CCC(=O)N1C. The first-order valence-electron chi connectivity index (χ1n) is 15.6. The Morgan fingerprint density at radius 2 is 1.94 bits per heavy atom. The van der Waals surface area contributed by atoms with E-state index in [1.165, 1.54) is 0 Å². The number of rotatable bonds is 11. The average Bonchev–Trinajstić information content (AvgIpc) is 3.38. The standard InChI is InChI=1S/C35H38ClN7O4/c1-21-26(5-4-6-28(21)40-34(46)30-10-7-22(15-39-30)18-43-19-25(44)20-43)33-32(36)27(13-14-38-33)29-11-8-23(35(41-29)47-3)16-37-17-24-9-12-31(45)42(24)2/h4-8,10-11,13-15,24-25,37,44H,9,12,16-20H2,1-3H3,(H,40,46)/t24-/m1/s1. The lowest BCUT2D eigenvalue weighted by molar-refractivity contribution is -0.127. The molecule has 0 spiro atoms. The fourth-order valence-electron chi connectivity index (χ4n) is 6.03. The molecule has 3 N–H and O–H groups in total. The number of β-amino-alcohol motifs (C(OH)–C–C–N with tert-alkyl or cyclic N) is 1. The van der Waals surface area contributed by atoms with Gasteiger partial charge in [0.1, 0.15) is 5.69 Å². The molecule has 0 aliphatic carbocycles. The number of nitrogens with zero attached hydrogens (tertiary/aromatic N) is 5. The summed E-state index contributed by atoms with van der Waals surface area (Å²) in [4.78, 5) is 42.6. The van der Waals surface area contributed by atoms with Crippen LogP contribution in [0.4, 0.5) is 5.69 Å². The zero-order valence-corrected chi connectivity index (χ0v) is 27.4. The lowest BCUT2D eigenvalue weighted by Gasteiger charge is -2.35. The molecule has 0 unspecified atom stereocenters. The number of amides is 2. The van der Waals surface area contributed by atoms with Crippen LogP contribution in [0.15, 0.2) is 60.9 Å². The molecule has 0 radical (unpaired) electrons. The van der Waals surface area contributed by atoms with Crippen LogP contribution in [0.25, 0.3) is 22.5 Å². The van der Waals surface area contributed by atoms with Crippen molar-refractivity contribution in [3.63, 3.8) is 0 Å². The van der Waals surface area contributed by atoms with E-state index in [0.717, 1.165) is 28.7 Å². The van der Waals surface area contributed by atoms with Gasteiger partial charge in [-0.3, -0.25) is 24.5 Å². The smallest absolute Gasteiger partial charge is 0.274 e. The first-order valence-corrected chi connectivity index (χ1v) is 16.0. The van der Waals surface area contributed by atoms with Crippen molar-refractivity contribution < 1.29 is 19.4 Å². The second kappa shape index (κ2) is 14.1. The molecule has 2 aliphatic heterocycles. The Kier molecular flexibility index (Phi) is 9.79. The van der Waals surface area contributed by atoms with Crippen LogP contribution in [0, 0.1) is 6.92 Å². The third kappa shape index (κ3) is 7.13. The van der Waals surface area contributed by atoms with Crippen molar-refractivity contribution >= 4 is 29.1 Å². The molecule has 4 aromatic rings. The Labute approximate surface area is 279 Å². The lowest BCUT2D eigenvalue weighted by atomic mass is 10.0. The maximum atomic E-state index is 13.1. The second-order valence-corrected chi connectivity index (χ2v) is 12.4. The van der Waals surface area contributed by atoms with Crippen LogP contribution >= 0.6 is 11.6 Å². The van der Waals surface area contributed by atoms with Gasteiger partial charge in [0.05, 0.1) is 29.6 Å². The van der Waals surface area contributed by atoms with Crippen LogP contribution in [-0.4, -0.2) is 87.6 Å². The molecule has 244 valence electrons. The quantitative estimate of drug-likeness (QED) is 0.216. The minimum atomic E-state index is -0.321. The summed E-state index contributed by atoms with van der Waals surface area (Å²) in [5.41, 5.74) is 6.30. The van der Waals surface area contributed by atoms with Crippen LogP contribution in [0.5, 0.6) is 5.88 Å². The lowest BCUT2D eigenvalue weighted by Crippen LogP contribution is -2.49. The van der Waals surface area contributed by atoms with Crippen LogP contribution in [0.2, 0.25) is 5.02 Å². The first kappa shape index (κ1) is 32.5. The maximum absolute atomic E-state index is 13.1. The predicted molar refractivity (Wildman–Crippen MR) is 180 cm³/mol. The van der Waals surface area contributed by atoms with Crippen LogP contribution in [0.1, 0.15) is 40.0 Å². The van der Waals surface area contributed by atoms with Crippen LogP contribution in [0.3, 0.4) is 0 Å². The number of benzene rings is 1. The molecule has 2 amide bonds. The van der Waals surface area contributed by atoms with Gasteiger partial charge < -0.3 is 25.4 Å². The van der Waals surface area contributed by atoms with Crippen molar-refractivity contribution in [2.24, 2.45) is 0 Å². The van der Waals surface area contributed by atoms with Gasteiger partial charge in [-0.25, -0.2) is 4.98 Å². The Balaban J connectivity index is 1.16. The average molecular weight is 656 g/mol. The molecule has 2 aliphatic rings. The molecule has 2 saturated heterocycles. The number of aliphatic hydroxyl groups is 1. The molecular formula is C35H38ClN7O4. The Bertz CT molecular complexity index is 1780.